The van der Waals surface area contributed by atoms with Crippen molar-refractivity contribution in [3.63, 3.8) is 0 Å². The first-order chi connectivity index (χ1) is 11.4. The molecule has 0 heterocycles. The molecule has 0 aliphatic carbocycles. The van der Waals surface area contributed by atoms with Gasteiger partial charge in [0.15, 0.2) is 11.6 Å². The lowest BCUT2D eigenvalue weighted by Gasteiger charge is -2.08. The van der Waals surface area contributed by atoms with E-state index in [0.717, 1.165) is 19.3 Å². The summed E-state index contributed by atoms with van der Waals surface area (Å²) in [7, 11) is 1.26. The smallest absolute Gasteiger partial charge is 0.337 e. The highest BCUT2D eigenvalue weighted by molar-refractivity contribution is 6.09. The first-order valence-corrected chi connectivity index (χ1v) is 8.12. The minimum Gasteiger partial charge on any atom is -0.465 e. The van der Waals surface area contributed by atoms with E-state index in [1.807, 2.05) is 0 Å². The fourth-order valence-electron chi connectivity index (χ4n) is 2.47. The van der Waals surface area contributed by atoms with Crippen molar-refractivity contribution in [1.29, 1.82) is 0 Å². The lowest BCUT2D eigenvalue weighted by atomic mass is 9.95. The highest BCUT2D eigenvalue weighted by Crippen LogP contribution is 2.18. The van der Waals surface area contributed by atoms with Crippen LogP contribution in [-0.2, 0) is 9.53 Å². The van der Waals surface area contributed by atoms with E-state index in [1.54, 1.807) is 6.92 Å². The van der Waals surface area contributed by atoms with E-state index in [4.69, 9.17) is 0 Å². The Labute approximate surface area is 142 Å². The van der Waals surface area contributed by atoms with Crippen molar-refractivity contribution in [2.24, 2.45) is 0 Å². The molecule has 0 amide bonds. The molecular weight excluding hydrogens is 308 g/mol. The third kappa shape index (κ3) is 6.07. The monoisotopic (exact) mass is 332 g/mol. The molecule has 0 aromatic heterocycles. The molecule has 0 radical (unpaired) electrons. The highest BCUT2D eigenvalue weighted by Gasteiger charge is 2.17. The molecule has 1 aromatic rings. The van der Waals surface area contributed by atoms with Crippen molar-refractivity contribution < 1.29 is 23.9 Å². The van der Waals surface area contributed by atoms with Crippen LogP contribution in [0.4, 0.5) is 0 Å². The van der Waals surface area contributed by atoms with Crippen LogP contribution in [0.3, 0.4) is 0 Å². The van der Waals surface area contributed by atoms with Gasteiger partial charge >= 0.3 is 5.97 Å². The number of rotatable bonds is 10. The zero-order valence-corrected chi connectivity index (χ0v) is 14.5. The second kappa shape index (κ2) is 9.75. The molecule has 0 spiro atoms. The molecule has 5 heteroatoms. The van der Waals surface area contributed by atoms with Crippen LogP contribution in [0.25, 0.3) is 0 Å². The van der Waals surface area contributed by atoms with E-state index in [0.29, 0.717) is 24.8 Å². The normalized spacial score (nSPS) is 10.3. The fraction of sp³-hybridized carbons (Fsp3) is 0.474. The summed E-state index contributed by atoms with van der Waals surface area (Å²) in [5, 5.41) is 0. The Kier molecular flexibility index (Phi) is 8.02. The molecule has 0 unspecified atom stereocenters. The topological polar surface area (TPSA) is 77.5 Å². The van der Waals surface area contributed by atoms with E-state index in [9.17, 15) is 19.2 Å². The predicted molar refractivity (Wildman–Crippen MR) is 90.5 cm³/mol. The summed E-state index contributed by atoms with van der Waals surface area (Å²) in [5.74, 6) is -0.724. The predicted octanol–water partition coefficient (Wildman–Crippen LogP) is 3.79. The molecule has 0 saturated heterocycles. The molecular formula is C19H24O5. The molecule has 0 fully saturated rings. The van der Waals surface area contributed by atoms with Gasteiger partial charge in [-0.05, 0) is 44.9 Å². The number of carbonyl (C=O) groups excluding carboxylic acids is 4. The second-order valence-corrected chi connectivity index (χ2v) is 5.85. The lowest BCUT2D eigenvalue weighted by Crippen LogP contribution is -2.10. The molecule has 0 bridgehead atoms. The Morgan fingerprint density at radius 3 is 2.04 bits per heavy atom. The van der Waals surface area contributed by atoms with Gasteiger partial charge < -0.3 is 9.53 Å². The average Bonchev–Trinajstić information content (AvgIpc) is 2.56. The maximum atomic E-state index is 12.3. The van der Waals surface area contributed by atoms with Crippen molar-refractivity contribution >= 4 is 23.3 Å². The summed E-state index contributed by atoms with van der Waals surface area (Å²) in [4.78, 5) is 46.5. The van der Waals surface area contributed by atoms with Gasteiger partial charge in [-0.1, -0.05) is 12.8 Å². The van der Waals surface area contributed by atoms with Crippen molar-refractivity contribution in [3.05, 3.63) is 34.9 Å². The SMILES string of the molecule is COC(=O)c1ccc(C(=O)CCCCCCC(C)=O)c(C(C)=O)c1. The van der Waals surface area contributed by atoms with E-state index in [-0.39, 0.29) is 28.5 Å². The molecule has 0 atom stereocenters. The van der Waals surface area contributed by atoms with Gasteiger partial charge in [0, 0.05) is 24.0 Å². The Morgan fingerprint density at radius 2 is 1.50 bits per heavy atom. The standard InChI is InChI=1S/C19H24O5/c1-13(20)8-6-4-5-7-9-18(22)16-11-10-15(19(23)24-3)12-17(16)14(2)21/h10-12H,4-9H2,1-3H3. The van der Waals surface area contributed by atoms with Crippen molar-refractivity contribution in [1.82, 2.24) is 0 Å². The van der Waals surface area contributed by atoms with Crippen LogP contribution in [0.15, 0.2) is 18.2 Å². The lowest BCUT2D eigenvalue weighted by molar-refractivity contribution is -0.117. The van der Waals surface area contributed by atoms with Gasteiger partial charge in [-0.3, -0.25) is 9.59 Å². The molecule has 1 aromatic carbocycles. The average molecular weight is 332 g/mol. The van der Waals surface area contributed by atoms with Crippen LogP contribution < -0.4 is 0 Å². The van der Waals surface area contributed by atoms with E-state index >= 15 is 0 Å². The van der Waals surface area contributed by atoms with E-state index in [2.05, 4.69) is 4.74 Å². The zero-order valence-electron chi connectivity index (χ0n) is 14.5. The maximum Gasteiger partial charge on any atom is 0.337 e. The number of hydrogen-bond donors (Lipinski definition) is 0. The molecule has 0 saturated carbocycles. The fourth-order valence-corrected chi connectivity index (χ4v) is 2.47. The molecule has 1 rings (SSSR count). The van der Waals surface area contributed by atoms with Crippen LogP contribution in [0, 0.1) is 0 Å². The summed E-state index contributed by atoms with van der Waals surface area (Å²) in [6, 6.07) is 4.42. The summed E-state index contributed by atoms with van der Waals surface area (Å²) < 4.78 is 4.63. The molecule has 0 aliphatic rings. The summed E-state index contributed by atoms with van der Waals surface area (Å²) in [5.41, 5.74) is 0.849. The Balaban J connectivity index is 2.67. The van der Waals surface area contributed by atoms with Gasteiger partial charge in [0.2, 0.25) is 0 Å². The number of Topliss-reactive ketones (excluding diaryl/α,β-unsaturated/α-hetero) is 3. The van der Waals surface area contributed by atoms with Gasteiger partial charge in [0.25, 0.3) is 0 Å². The third-order valence-electron chi connectivity index (χ3n) is 3.80. The number of ether oxygens (including phenoxy) is 1. The van der Waals surface area contributed by atoms with Crippen molar-refractivity contribution in [3.8, 4) is 0 Å². The molecule has 0 N–H and O–H groups in total. The van der Waals surface area contributed by atoms with Crippen LogP contribution in [0.5, 0.6) is 0 Å². The summed E-state index contributed by atoms with van der Waals surface area (Å²) >= 11 is 0. The largest absolute Gasteiger partial charge is 0.465 e. The zero-order chi connectivity index (χ0) is 18.1. The minimum absolute atomic E-state index is 0.108. The molecule has 0 aliphatic heterocycles. The maximum absolute atomic E-state index is 12.3. The van der Waals surface area contributed by atoms with Crippen molar-refractivity contribution in [2.45, 2.75) is 52.4 Å². The third-order valence-corrected chi connectivity index (χ3v) is 3.80. The highest BCUT2D eigenvalue weighted by atomic mass is 16.5. The molecule has 24 heavy (non-hydrogen) atoms. The van der Waals surface area contributed by atoms with Crippen LogP contribution in [0.2, 0.25) is 0 Å². The quantitative estimate of drug-likeness (QED) is 0.370. The number of ketones is 3. The number of carbonyl (C=O) groups is 4. The number of methoxy groups -OCH3 is 1. The van der Waals surface area contributed by atoms with Gasteiger partial charge in [0.1, 0.15) is 5.78 Å². The van der Waals surface area contributed by atoms with Gasteiger partial charge in [-0.2, -0.15) is 0 Å². The first kappa shape index (κ1) is 19.7. The number of hydrogen-bond acceptors (Lipinski definition) is 5. The molecule has 130 valence electrons. The minimum atomic E-state index is -0.540. The Morgan fingerprint density at radius 1 is 0.875 bits per heavy atom. The summed E-state index contributed by atoms with van der Waals surface area (Å²) in [6.45, 7) is 2.94. The van der Waals surface area contributed by atoms with Crippen molar-refractivity contribution in [2.75, 3.05) is 7.11 Å². The molecule has 5 nitrogen and oxygen atoms in total. The van der Waals surface area contributed by atoms with Gasteiger partial charge in [-0.15, -0.1) is 0 Å². The first-order valence-electron chi connectivity index (χ1n) is 8.12. The second-order valence-electron chi connectivity index (χ2n) is 5.85. The summed E-state index contributed by atoms with van der Waals surface area (Å²) in [6.07, 6.45) is 4.26. The van der Waals surface area contributed by atoms with Crippen LogP contribution in [0.1, 0.15) is 83.4 Å². The number of esters is 1. The number of unbranched alkanes of at least 4 members (excludes halogenated alkanes) is 3. The van der Waals surface area contributed by atoms with Crippen LogP contribution >= 0.6 is 0 Å². The number of benzene rings is 1. The van der Waals surface area contributed by atoms with E-state index < -0.39 is 5.97 Å². The van der Waals surface area contributed by atoms with Gasteiger partial charge in [0.05, 0.1) is 12.7 Å². The van der Waals surface area contributed by atoms with Gasteiger partial charge in [-0.25, -0.2) is 4.79 Å². The van der Waals surface area contributed by atoms with E-state index in [1.165, 1.54) is 32.2 Å². The Bertz CT molecular complexity index is 631. The Hall–Kier alpha value is -2.30. The van der Waals surface area contributed by atoms with Crippen LogP contribution in [-0.4, -0.2) is 30.4 Å².